The summed E-state index contributed by atoms with van der Waals surface area (Å²) >= 11 is 0. The van der Waals surface area contributed by atoms with Crippen molar-refractivity contribution < 1.29 is 4.74 Å². The van der Waals surface area contributed by atoms with Crippen molar-refractivity contribution >= 4 is 10.9 Å². The highest BCUT2D eigenvalue weighted by molar-refractivity contribution is 5.88. The van der Waals surface area contributed by atoms with Crippen LogP contribution in [0.3, 0.4) is 0 Å². The highest BCUT2D eigenvalue weighted by atomic mass is 16.5. The van der Waals surface area contributed by atoms with E-state index in [4.69, 9.17) is 4.74 Å². The summed E-state index contributed by atoms with van der Waals surface area (Å²) in [5.74, 6) is 0.637. The molecule has 4 nitrogen and oxygen atoms in total. The molecule has 0 aliphatic heterocycles. The van der Waals surface area contributed by atoms with Crippen LogP contribution in [-0.2, 0) is 13.5 Å². The van der Waals surface area contributed by atoms with E-state index >= 15 is 0 Å². The molecule has 2 heterocycles. The lowest BCUT2D eigenvalue weighted by molar-refractivity contribution is 0.199. The Hall–Kier alpha value is -2.36. The van der Waals surface area contributed by atoms with Crippen LogP contribution in [0.4, 0.5) is 0 Å². The van der Waals surface area contributed by atoms with Gasteiger partial charge in [0.05, 0.1) is 6.20 Å². The summed E-state index contributed by atoms with van der Waals surface area (Å²) in [7, 11) is 2.06. The maximum atomic E-state index is 6.27. The van der Waals surface area contributed by atoms with Crippen molar-refractivity contribution in [1.82, 2.24) is 14.8 Å². The first-order valence-corrected chi connectivity index (χ1v) is 7.68. The Labute approximate surface area is 129 Å². The molecule has 112 valence electrons. The number of aromatic nitrogens is 3. The molecule has 2 aromatic heterocycles. The van der Waals surface area contributed by atoms with Crippen molar-refractivity contribution in [3.8, 4) is 5.88 Å². The number of ether oxygens (including phenoxy) is 1. The molecular weight excluding hydrogens is 274 g/mol. The number of benzene rings is 1. The molecule has 1 aliphatic rings. The molecular formula is C18H19N3O. The van der Waals surface area contributed by atoms with Crippen molar-refractivity contribution in [2.24, 2.45) is 7.05 Å². The molecule has 1 aliphatic carbocycles. The predicted molar refractivity (Wildman–Crippen MR) is 86.1 cm³/mol. The Kier molecular flexibility index (Phi) is 2.93. The van der Waals surface area contributed by atoms with Gasteiger partial charge >= 0.3 is 0 Å². The molecule has 0 spiro atoms. The third-order valence-electron chi connectivity index (χ3n) is 4.91. The molecule has 4 heteroatoms. The highest BCUT2D eigenvalue weighted by Crippen LogP contribution is 2.37. The van der Waals surface area contributed by atoms with Crippen LogP contribution in [0.15, 0.2) is 30.5 Å². The predicted octanol–water partition coefficient (Wildman–Crippen LogP) is 3.65. The third-order valence-corrected chi connectivity index (χ3v) is 4.91. The van der Waals surface area contributed by atoms with Crippen LogP contribution < -0.4 is 4.74 Å². The summed E-state index contributed by atoms with van der Waals surface area (Å²) in [5.41, 5.74) is 6.16. The van der Waals surface area contributed by atoms with Crippen LogP contribution in [0.25, 0.3) is 10.9 Å². The van der Waals surface area contributed by atoms with Gasteiger partial charge in [-0.3, -0.25) is 0 Å². The molecule has 0 amide bonds. The van der Waals surface area contributed by atoms with E-state index in [9.17, 15) is 0 Å². The Morgan fingerprint density at radius 2 is 2.05 bits per heavy atom. The van der Waals surface area contributed by atoms with Gasteiger partial charge in [-0.2, -0.15) is 5.10 Å². The minimum absolute atomic E-state index is 0.0756. The molecule has 0 bridgehead atoms. The SMILES string of the molecule is Cc1c(C)n(C)c2c(OC3CCc4ccccc43)nncc12. The Morgan fingerprint density at radius 1 is 1.23 bits per heavy atom. The lowest BCUT2D eigenvalue weighted by Crippen LogP contribution is -2.07. The van der Waals surface area contributed by atoms with Crippen molar-refractivity contribution in [2.45, 2.75) is 32.8 Å². The molecule has 3 aromatic rings. The van der Waals surface area contributed by atoms with Crippen LogP contribution in [-0.4, -0.2) is 14.8 Å². The molecule has 22 heavy (non-hydrogen) atoms. The number of aryl methyl sites for hydroxylation is 3. The van der Waals surface area contributed by atoms with E-state index in [1.54, 1.807) is 0 Å². The normalized spacial score (nSPS) is 17.0. The summed E-state index contributed by atoms with van der Waals surface area (Å²) in [6.45, 7) is 4.23. The van der Waals surface area contributed by atoms with E-state index < -0.39 is 0 Å². The first-order valence-electron chi connectivity index (χ1n) is 7.68. The number of hydrogen-bond acceptors (Lipinski definition) is 3. The summed E-state index contributed by atoms with van der Waals surface area (Å²) < 4.78 is 8.42. The molecule has 1 unspecified atom stereocenters. The Morgan fingerprint density at radius 3 is 2.91 bits per heavy atom. The number of rotatable bonds is 2. The van der Waals surface area contributed by atoms with E-state index in [1.165, 1.54) is 22.4 Å². The van der Waals surface area contributed by atoms with Crippen LogP contribution >= 0.6 is 0 Å². The third kappa shape index (κ3) is 1.83. The summed E-state index contributed by atoms with van der Waals surface area (Å²) in [6.07, 6.45) is 3.97. The fraction of sp³-hybridized carbons (Fsp3) is 0.333. The second-order valence-corrected chi connectivity index (χ2v) is 6.03. The molecule has 0 radical (unpaired) electrons. The summed E-state index contributed by atoms with van der Waals surface area (Å²) in [4.78, 5) is 0. The smallest absolute Gasteiger partial charge is 0.258 e. The fourth-order valence-electron chi connectivity index (χ4n) is 3.43. The van der Waals surface area contributed by atoms with E-state index in [0.29, 0.717) is 5.88 Å². The van der Waals surface area contributed by atoms with Crippen molar-refractivity contribution in [2.75, 3.05) is 0 Å². The standard InChI is InChI=1S/C18H19N3O/c1-11-12(2)21(3)17-15(11)10-19-20-18(17)22-16-9-8-13-6-4-5-7-14(13)16/h4-7,10,16H,8-9H2,1-3H3. The highest BCUT2D eigenvalue weighted by Gasteiger charge is 2.25. The number of hydrogen-bond donors (Lipinski definition) is 0. The summed E-state index contributed by atoms with van der Waals surface area (Å²) in [5, 5.41) is 9.52. The zero-order valence-electron chi connectivity index (χ0n) is 13.1. The van der Waals surface area contributed by atoms with E-state index in [0.717, 1.165) is 23.7 Å². The minimum atomic E-state index is 0.0756. The second-order valence-electron chi connectivity index (χ2n) is 6.03. The number of nitrogens with zero attached hydrogens (tertiary/aromatic N) is 3. The van der Waals surface area contributed by atoms with Gasteiger partial charge in [0.1, 0.15) is 11.6 Å². The van der Waals surface area contributed by atoms with Gasteiger partial charge in [0.2, 0.25) is 0 Å². The average Bonchev–Trinajstić information content (AvgIpc) is 3.04. The molecule has 0 N–H and O–H groups in total. The maximum Gasteiger partial charge on any atom is 0.258 e. The van der Waals surface area contributed by atoms with Gasteiger partial charge in [-0.1, -0.05) is 24.3 Å². The van der Waals surface area contributed by atoms with E-state index in [1.807, 2.05) is 6.20 Å². The molecule has 1 aromatic carbocycles. The molecule has 0 saturated carbocycles. The first kappa shape index (κ1) is 13.3. The number of fused-ring (bicyclic) bond motifs is 2. The minimum Gasteiger partial charge on any atom is -0.467 e. The lowest BCUT2D eigenvalue weighted by atomic mass is 10.1. The maximum absolute atomic E-state index is 6.27. The molecule has 0 saturated heterocycles. The summed E-state index contributed by atoms with van der Waals surface area (Å²) in [6, 6.07) is 8.50. The zero-order chi connectivity index (χ0) is 15.3. The van der Waals surface area contributed by atoms with Crippen LogP contribution in [0.5, 0.6) is 5.88 Å². The van der Waals surface area contributed by atoms with Gasteiger partial charge in [-0.05, 0) is 43.4 Å². The first-order chi connectivity index (χ1) is 10.7. The fourth-order valence-corrected chi connectivity index (χ4v) is 3.43. The lowest BCUT2D eigenvalue weighted by Gasteiger charge is -2.15. The van der Waals surface area contributed by atoms with Crippen molar-refractivity contribution in [3.05, 3.63) is 52.8 Å². The Bertz CT molecular complexity index is 866. The van der Waals surface area contributed by atoms with Crippen LogP contribution in [0.1, 0.15) is 34.9 Å². The van der Waals surface area contributed by atoms with Gasteiger partial charge in [-0.15, -0.1) is 5.10 Å². The molecule has 1 atom stereocenters. The molecule has 0 fully saturated rings. The van der Waals surface area contributed by atoms with Gasteiger partial charge in [0, 0.05) is 18.1 Å². The molecule has 4 rings (SSSR count). The van der Waals surface area contributed by atoms with Crippen molar-refractivity contribution in [1.29, 1.82) is 0 Å². The topological polar surface area (TPSA) is 39.9 Å². The van der Waals surface area contributed by atoms with Crippen LogP contribution in [0.2, 0.25) is 0 Å². The van der Waals surface area contributed by atoms with E-state index in [-0.39, 0.29) is 6.10 Å². The van der Waals surface area contributed by atoms with Gasteiger partial charge in [0.25, 0.3) is 5.88 Å². The van der Waals surface area contributed by atoms with Gasteiger partial charge in [0.15, 0.2) is 0 Å². The largest absolute Gasteiger partial charge is 0.467 e. The zero-order valence-corrected chi connectivity index (χ0v) is 13.1. The Balaban J connectivity index is 1.79. The second kappa shape index (κ2) is 4.83. The monoisotopic (exact) mass is 293 g/mol. The van der Waals surface area contributed by atoms with Gasteiger partial charge in [-0.25, -0.2) is 0 Å². The average molecular weight is 293 g/mol. The van der Waals surface area contributed by atoms with Gasteiger partial charge < -0.3 is 9.30 Å². The van der Waals surface area contributed by atoms with Crippen LogP contribution in [0, 0.1) is 13.8 Å². The van der Waals surface area contributed by atoms with Crippen molar-refractivity contribution in [3.63, 3.8) is 0 Å². The quantitative estimate of drug-likeness (QED) is 0.724. The van der Waals surface area contributed by atoms with E-state index in [2.05, 4.69) is 59.9 Å².